The normalized spacial score (nSPS) is 23.1. The molecule has 2 fully saturated rings. The molecule has 3 nitrogen and oxygen atoms in total. The quantitative estimate of drug-likeness (QED) is 0.452. The molecule has 0 amide bonds. The second kappa shape index (κ2) is 9.67. The van der Waals surface area contributed by atoms with Crippen LogP contribution in [0.4, 0.5) is 13.2 Å². The number of rotatable bonds is 7. The predicted molar refractivity (Wildman–Crippen MR) is 123 cm³/mol. The van der Waals surface area contributed by atoms with Gasteiger partial charge < -0.3 is 4.74 Å². The first-order valence-electron chi connectivity index (χ1n) is 11.5. The monoisotopic (exact) mass is 479 g/mol. The molecule has 2 aliphatic rings. The summed E-state index contributed by atoms with van der Waals surface area (Å²) in [7, 11) is 0. The smallest absolute Gasteiger partial charge is 0.416 e. The van der Waals surface area contributed by atoms with Gasteiger partial charge >= 0.3 is 6.18 Å². The molecular weight excluding hydrogens is 451 g/mol. The van der Waals surface area contributed by atoms with Crippen LogP contribution < -0.4 is 4.74 Å². The number of ketones is 1. The summed E-state index contributed by atoms with van der Waals surface area (Å²) in [6.07, 6.45) is 0.367. The molecule has 0 aromatic heterocycles. The number of Topliss-reactive ketones (excluding diaryl/α,β-unsaturated/α-hetero) is 1. The lowest BCUT2D eigenvalue weighted by Crippen LogP contribution is -2.52. The van der Waals surface area contributed by atoms with Crippen LogP contribution in [0.15, 0.2) is 48.5 Å². The van der Waals surface area contributed by atoms with E-state index in [1.807, 2.05) is 24.3 Å². The maximum absolute atomic E-state index is 13.4. The third-order valence-electron chi connectivity index (χ3n) is 7.26. The molecule has 7 heteroatoms. The van der Waals surface area contributed by atoms with Crippen molar-refractivity contribution in [1.29, 1.82) is 0 Å². The molecule has 1 saturated heterocycles. The van der Waals surface area contributed by atoms with Crippen molar-refractivity contribution in [2.75, 3.05) is 19.7 Å². The van der Waals surface area contributed by atoms with Crippen molar-refractivity contribution in [3.05, 3.63) is 64.7 Å². The molecule has 1 saturated carbocycles. The number of nitrogens with zero attached hydrogens (tertiary/aromatic N) is 1. The minimum absolute atomic E-state index is 0.226. The van der Waals surface area contributed by atoms with Gasteiger partial charge in [0.25, 0.3) is 0 Å². The van der Waals surface area contributed by atoms with Gasteiger partial charge in [0.1, 0.15) is 5.75 Å². The lowest BCUT2D eigenvalue weighted by atomic mass is 9.61. The van der Waals surface area contributed by atoms with E-state index in [0.29, 0.717) is 30.0 Å². The lowest BCUT2D eigenvalue weighted by Gasteiger charge is -2.44. The van der Waals surface area contributed by atoms with Gasteiger partial charge in [-0.25, -0.2) is 0 Å². The molecular formula is C26H29ClF3NO2. The molecule has 2 atom stereocenters. The van der Waals surface area contributed by atoms with Crippen molar-refractivity contribution in [1.82, 2.24) is 4.90 Å². The Bertz CT molecular complexity index is 955. The molecule has 2 aromatic carbocycles. The Morgan fingerprint density at radius 2 is 1.76 bits per heavy atom. The summed E-state index contributed by atoms with van der Waals surface area (Å²) in [5, 5.41) is 0.668. The van der Waals surface area contributed by atoms with Crippen LogP contribution in [0.3, 0.4) is 0 Å². The van der Waals surface area contributed by atoms with E-state index in [2.05, 4.69) is 11.8 Å². The first-order chi connectivity index (χ1) is 15.7. The molecule has 0 N–H and O–H groups in total. The fourth-order valence-corrected chi connectivity index (χ4v) is 5.06. The Kier molecular flexibility index (Phi) is 7.06. The average Bonchev–Trinajstić information content (AvgIpc) is 2.74. The van der Waals surface area contributed by atoms with Gasteiger partial charge in [-0.3, -0.25) is 9.69 Å². The molecule has 33 heavy (non-hydrogen) atoms. The van der Waals surface area contributed by atoms with E-state index in [9.17, 15) is 18.0 Å². The number of alkyl halides is 3. The highest BCUT2D eigenvalue weighted by Crippen LogP contribution is 2.45. The molecule has 4 rings (SSSR count). The van der Waals surface area contributed by atoms with Gasteiger partial charge in [-0.15, -0.1) is 0 Å². The summed E-state index contributed by atoms with van der Waals surface area (Å²) in [4.78, 5) is 15.7. The predicted octanol–water partition coefficient (Wildman–Crippen LogP) is 6.53. The summed E-state index contributed by atoms with van der Waals surface area (Å²) < 4.78 is 44.0. The highest BCUT2D eigenvalue weighted by molar-refractivity contribution is 6.30. The molecule has 2 aromatic rings. The first-order valence-corrected chi connectivity index (χ1v) is 11.9. The molecule has 0 radical (unpaired) electrons. The highest BCUT2D eigenvalue weighted by Gasteiger charge is 2.46. The molecule has 0 unspecified atom stereocenters. The molecule has 0 spiro atoms. The Labute approximate surface area is 197 Å². The fourth-order valence-electron chi connectivity index (χ4n) is 4.94. The van der Waals surface area contributed by atoms with E-state index in [1.165, 1.54) is 12.1 Å². The highest BCUT2D eigenvalue weighted by atomic mass is 35.5. The molecule has 1 aliphatic carbocycles. The number of likely N-dealkylation sites (tertiary alicyclic amines) is 1. The Balaban J connectivity index is 1.35. The molecule has 178 valence electrons. The third-order valence-corrected chi connectivity index (χ3v) is 7.51. The van der Waals surface area contributed by atoms with Gasteiger partial charge in [-0.05, 0) is 74.6 Å². The van der Waals surface area contributed by atoms with E-state index < -0.39 is 17.2 Å². The van der Waals surface area contributed by atoms with E-state index in [0.717, 1.165) is 56.3 Å². The zero-order chi connectivity index (χ0) is 23.6. The minimum atomic E-state index is -4.35. The number of ether oxygens (including phenoxy) is 1. The van der Waals surface area contributed by atoms with Crippen LogP contribution in [0.25, 0.3) is 0 Å². The number of carbonyl (C=O) groups is 1. The van der Waals surface area contributed by atoms with Crippen LogP contribution in [-0.2, 0) is 16.4 Å². The van der Waals surface area contributed by atoms with Crippen LogP contribution in [0.5, 0.6) is 5.75 Å². The van der Waals surface area contributed by atoms with Crippen LogP contribution >= 0.6 is 11.6 Å². The average molecular weight is 480 g/mol. The largest absolute Gasteiger partial charge is 0.493 e. The van der Waals surface area contributed by atoms with Crippen LogP contribution in [0, 0.1) is 5.92 Å². The maximum Gasteiger partial charge on any atom is 0.416 e. The van der Waals surface area contributed by atoms with Crippen LogP contribution in [0.2, 0.25) is 5.02 Å². The number of halogens is 4. The third kappa shape index (κ3) is 5.38. The van der Waals surface area contributed by atoms with Crippen LogP contribution in [0.1, 0.15) is 50.2 Å². The number of piperidine rings is 1. The van der Waals surface area contributed by atoms with Gasteiger partial charge in [0.15, 0.2) is 5.78 Å². The Hall–Kier alpha value is -2.05. The summed E-state index contributed by atoms with van der Waals surface area (Å²) in [5.74, 6) is 0.914. The summed E-state index contributed by atoms with van der Waals surface area (Å²) >= 11 is 6.04. The van der Waals surface area contributed by atoms with Crippen molar-refractivity contribution in [3.8, 4) is 5.75 Å². The molecule has 0 bridgehead atoms. The standard InChI is InChI=1S/C26H29ClF3NO2/c1-18-3-4-19(17-33-23-11-7-21(8-12-23)26(28,29)30)15-31(18)16-24(32)25(13-2-14-25)20-5-9-22(27)10-6-20/h5-12,18-19H,2-4,13-17H2,1H3/t18-,19+/m1/s1. The first kappa shape index (κ1) is 24.1. The second-order valence-corrected chi connectivity index (χ2v) is 9.86. The van der Waals surface area contributed by atoms with Crippen molar-refractivity contribution in [2.24, 2.45) is 5.92 Å². The summed E-state index contributed by atoms with van der Waals surface area (Å²) in [5.41, 5.74) is -0.0415. The Morgan fingerprint density at radius 1 is 1.09 bits per heavy atom. The summed E-state index contributed by atoms with van der Waals surface area (Å²) in [6, 6.07) is 12.8. The second-order valence-electron chi connectivity index (χ2n) is 9.42. The van der Waals surface area contributed by atoms with Crippen molar-refractivity contribution >= 4 is 17.4 Å². The van der Waals surface area contributed by atoms with E-state index in [4.69, 9.17) is 16.3 Å². The minimum Gasteiger partial charge on any atom is -0.493 e. The molecule has 1 heterocycles. The Morgan fingerprint density at radius 3 is 2.33 bits per heavy atom. The number of hydrogen-bond acceptors (Lipinski definition) is 3. The van der Waals surface area contributed by atoms with Gasteiger partial charge in [0.05, 0.1) is 24.1 Å². The van der Waals surface area contributed by atoms with E-state index in [1.54, 1.807) is 0 Å². The van der Waals surface area contributed by atoms with Gasteiger partial charge in [-0.1, -0.05) is 30.2 Å². The van der Waals surface area contributed by atoms with Gasteiger partial charge in [0.2, 0.25) is 0 Å². The fraction of sp³-hybridized carbons (Fsp3) is 0.500. The molecule has 1 aliphatic heterocycles. The SMILES string of the molecule is C[C@@H]1CC[C@H](COc2ccc(C(F)(F)F)cc2)CN1CC(=O)C1(c2ccc(Cl)cc2)CCC1. The van der Waals surface area contributed by atoms with E-state index in [-0.39, 0.29) is 11.7 Å². The topological polar surface area (TPSA) is 29.5 Å². The number of carbonyl (C=O) groups excluding carboxylic acids is 1. The lowest BCUT2D eigenvalue weighted by molar-refractivity contribution is -0.137. The van der Waals surface area contributed by atoms with E-state index >= 15 is 0 Å². The zero-order valence-electron chi connectivity index (χ0n) is 18.7. The van der Waals surface area contributed by atoms with Crippen LogP contribution in [-0.4, -0.2) is 36.4 Å². The van der Waals surface area contributed by atoms with Gasteiger partial charge in [-0.2, -0.15) is 13.2 Å². The van der Waals surface area contributed by atoms with Crippen molar-refractivity contribution < 1.29 is 22.7 Å². The van der Waals surface area contributed by atoms with Gasteiger partial charge in [0, 0.05) is 23.5 Å². The zero-order valence-corrected chi connectivity index (χ0v) is 19.5. The van der Waals surface area contributed by atoms with Crippen molar-refractivity contribution in [3.63, 3.8) is 0 Å². The number of benzene rings is 2. The maximum atomic E-state index is 13.4. The number of hydrogen-bond donors (Lipinski definition) is 0. The summed E-state index contributed by atoms with van der Waals surface area (Å²) in [6.45, 7) is 3.71. The van der Waals surface area contributed by atoms with Crippen molar-refractivity contribution in [2.45, 2.75) is 56.7 Å².